The van der Waals surface area contributed by atoms with Crippen molar-refractivity contribution < 1.29 is 18.0 Å². The standard InChI is InChI=1S/C24H29ClN2O4S/c1-7-16(4)27(32(30,31)23-17(5)14(2)12-15(3)18(23)6)21-13-22(28)26(24(21)29)20-10-8-19(25)9-11-20/h8-12,16,21H,7,13H2,1-6H3. The Kier molecular flexibility index (Phi) is 6.84. The number of carbonyl (C=O) groups excluding carboxylic acids is 2. The molecule has 6 nitrogen and oxygen atoms in total. The van der Waals surface area contributed by atoms with E-state index in [1.54, 1.807) is 45.0 Å². The quantitative estimate of drug-likeness (QED) is 0.566. The number of hydrogen-bond acceptors (Lipinski definition) is 4. The number of anilines is 1. The molecule has 2 unspecified atom stereocenters. The smallest absolute Gasteiger partial charge is 0.252 e. The number of nitrogens with zero attached hydrogens (tertiary/aromatic N) is 2. The van der Waals surface area contributed by atoms with E-state index in [-0.39, 0.29) is 11.3 Å². The number of imide groups is 1. The summed E-state index contributed by atoms with van der Waals surface area (Å²) in [5, 5.41) is 0.481. The Balaban J connectivity index is 2.13. The van der Waals surface area contributed by atoms with E-state index in [4.69, 9.17) is 11.6 Å². The van der Waals surface area contributed by atoms with Crippen molar-refractivity contribution in [1.82, 2.24) is 4.31 Å². The van der Waals surface area contributed by atoms with Crippen LogP contribution in [0, 0.1) is 27.7 Å². The van der Waals surface area contributed by atoms with Crippen LogP contribution in [-0.4, -0.2) is 36.6 Å². The van der Waals surface area contributed by atoms with Gasteiger partial charge in [0.2, 0.25) is 15.9 Å². The average molecular weight is 477 g/mol. The van der Waals surface area contributed by atoms with Gasteiger partial charge in [0.15, 0.2) is 0 Å². The zero-order chi connectivity index (χ0) is 24.0. The van der Waals surface area contributed by atoms with E-state index in [1.807, 2.05) is 26.8 Å². The average Bonchev–Trinajstić information content (AvgIpc) is 3.00. The second kappa shape index (κ2) is 8.96. The second-order valence-electron chi connectivity index (χ2n) is 8.45. The van der Waals surface area contributed by atoms with Crippen molar-refractivity contribution in [2.45, 2.75) is 71.4 Å². The van der Waals surface area contributed by atoms with E-state index in [1.165, 1.54) is 4.31 Å². The van der Waals surface area contributed by atoms with Gasteiger partial charge in [0.1, 0.15) is 6.04 Å². The van der Waals surface area contributed by atoms with E-state index < -0.39 is 33.9 Å². The van der Waals surface area contributed by atoms with Crippen LogP contribution >= 0.6 is 11.6 Å². The molecule has 1 saturated heterocycles. The maximum Gasteiger partial charge on any atom is 0.252 e. The largest absolute Gasteiger partial charge is 0.274 e. The predicted molar refractivity (Wildman–Crippen MR) is 127 cm³/mol. The Hall–Kier alpha value is -2.22. The molecule has 0 spiro atoms. The number of benzene rings is 2. The van der Waals surface area contributed by atoms with Gasteiger partial charge in [-0.2, -0.15) is 4.31 Å². The fourth-order valence-corrected chi connectivity index (χ4v) is 6.80. The van der Waals surface area contributed by atoms with E-state index in [0.29, 0.717) is 28.3 Å². The minimum Gasteiger partial charge on any atom is -0.274 e. The highest BCUT2D eigenvalue weighted by molar-refractivity contribution is 7.89. The summed E-state index contributed by atoms with van der Waals surface area (Å²) in [5.74, 6) is -0.972. The Bertz CT molecular complexity index is 1150. The molecule has 1 fully saturated rings. The lowest BCUT2D eigenvalue weighted by molar-refractivity contribution is -0.122. The summed E-state index contributed by atoms with van der Waals surface area (Å²) in [7, 11) is -4.06. The molecule has 1 aliphatic heterocycles. The molecule has 32 heavy (non-hydrogen) atoms. The van der Waals surface area contributed by atoms with Crippen LogP contribution in [-0.2, 0) is 19.6 Å². The topological polar surface area (TPSA) is 74.8 Å². The molecule has 172 valence electrons. The first kappa shape index (κ1) is 24.4. The van der Waals surface area contributed by atoms with Crippen LogP contribution in [0.3, 0.4) is 0 Å². The van der Waals surface area contributed by atoms with Gasteiger partial charge in [0, 0.05) is 11.1 Å². The summed E-state index contributed by atoms with van der Waals surface area (Å²) in [6, 6.07) is 6.75. The molecule has 2 amide bonds. The molecule has 0 aliphatic carbocycles. The molecule has 3 rings (SSSR count). The maximum absolute atomic E-state index is 14.0. The monoisotopic (exact) mass is 476 g/mol. The fourth-order valence-electron chi connectivity index (χ4n) is 4.24. The number of carbonyl (C=O) groups is 2. The van der Waals surface area contributed by atoms with Crippen LogP contribution in [0.2, 0.25) is 5.02 Å². The Labute approximate surface area is 195 Å². The fraction of sp³-hybridized carbons (Fsp3) is 0.417. The summed E-state index contributed by atoms with van der Waals surface area (Å²) in [6.07, 6.45) is 0.301. The lowest BCUT2D eigenvalue weighted by atomic mass is 10.0. The SMILES string of the molecule is CCC(C)N(C1CC(=O)N(c2ccc(Cl)cc2)C1=O)S(=O)(=O)c1c(C)c(C)cc(C)c1C. The highest BCUT2D eigenvalue weighted by Crippen LogP contribution is 2.35. The van der Waals surface area contributed by atoms with Crippen LogP contribution in [0.25, 0.3) is 0 Å². The van der Waals surface area contributed by atoms with Gasteiger partial charge in [-0.1, -0.05) is 24.6 Å². The van der Waals surface area contributed by atoms with Gasteiger partial charge in [-0.15, -0.1) is 0 Å². The number of rotatable bonds is 6. The number of aryl methyl sites for hydroxylation is 2. The van der Waals surface area contributed by atoms with Gasteiger partial charge in [-0.3, -0.25) is 9.59 Å². The third kappa shape index (κ3) is 4.09. The molecule has 8 heteroatoms. The molecule has 0 saturated carbocycles. The van der Waals surface area contributed by atoms with Crippen molar-refractivity contribution in [3.63, 3.8) is 0 Å². The van der Waals surface area contributed by atoms with Gasteiger partial charge in [-0.05, 0) is 87.6 Å². The maximum atomic E-state index is 14.0. The van der Waals surface area contributed by atoms with Crippen LogP contribution < -0.4 is 4.90 Å². The number of halogens is 1. The van der Waals surface area contributed by atoms with E-state index in [2.05, 4.69) is 0 Å². The molecule has 0 bridgehead atoms. The molecule has 0 N–H and O–H groups in total. The molecule has 0 aromatic heterocycles. The Morgan fingerprint density at radius 2 is 1.59 bits per heavy atom. The minimum atomic E-state index is -4.06. The van der Waals surface area contributed by atoms with Crippen molar-refractivity contribution in [1.29, 1.82) is 0 Å². The van der Waals surface area contributed by atoms with Crippen molar-refractivity contribution >= 4 is 39.1 Å². The summed E-state index contributed by atoms with van der Waals surface area (Å²) < 4.78 is 29.3. The van der Waals surface area contributed by atoms with Gasteiger partial charge in [0.25, 0.3) is 5.91 Å². The van der Waals surface area contributed by atoms with Crippen molar-refractivity contribution in [3.8, 4) is 0 Å². The second-order valence-corrected chi connectivity index (χ2v) is 10.7. The van der Waals surface area contributed by atoms with Crippen molar-refractivity contribution in [3.05, 3.63) is 57.6 Å². The van der Waals surface area contributed by atoms with Crippen LogP contribution in [0.4, 0.5) is 5.69 Å². The molecular weight excluding hydrogens is 448 g/mol. The minimum absolute atomic E-state index is 0.200. The number of amides is 2. The zero-order valence-electron chi connectivity index (χ0n) is 19.3. The van der Waals surface area contributed by atoms with Crippen LogP contribution in [0.1, 0.15) is 48.9 Å². The van der Waals surface area contributed by atoms with Crippen LogP contribution in [0.5, 0.6) is 0 Å². The molecule has 2 aromatic rings. The molecule has 1 aliphatic rings. The Morgan fingerprint density at radius 1 is 1.06 bits per heavy atom. The Morgan fingerprint density at radius 3 is 2.09 bits per heavy atom. The highest BCUT2D eigenvalue weighted by Gasteiger charge is 2.49. The lowest BCUT2D eigenvalue weighted by Crippen LogP contribution is -2.49. The zero-order valence-corrected chi connectivity index (χ0v) is 20.8. The summed E-state index contributed by atoms with van der Waals surface area (Å²) in [5.41, 5.74) is 3.44. The third-order valence-electron chi connectivity index (χ3n) is 6.37. The van der Waals surface area contributed by atoms with Gasteiger partial charge in [0.05, 0.1) is 17.0 Å². The predicted octanol–water partition coefficient (Wildman–Crippen LogP) is 4.69. The lowest BCUT2D eigenvalue weighted by Gasteiger charge is -2.33. The summed E-state index contributed by atoms with van der Waals surface area (Å²) in [6.45, 7) is 11.0. The highest BCUT2D eigenvalue weighted by atomic mass is 35.5. The first-order valence-electron chi connectivity index (χ1n) is 10.6. The van der Waals surface area contributed by atoms with Gasteiger partial charge >= 0.3 is 0 Å². The van der Waals surface area contributed by atoms with Crippen molar-refractivity contribution in [2.24, 2.45) is 0 Å². The summed E-state index contributed by atoms with van der Waals surface area (Å²) in [4.78, 5) is 27.5. The first-order valence-corrected chi connectivity index (χ1v) is 12.5. The number of hydrogen-bond donors (Lipinski definition) is 0. The van der Waals surface area contributed by atoms with Gasteiger partial charge < -0.3 is 0 Å². The van der Waals surface area contributed by atoms with Crippen LogP contribution in [0.15, 0.2) is 35.2 Å². The molecular formula is C24H29ClN2O4S. The number of sulfonamides is 1. The molecule has 1 heterocycles. The molecule has 2 atom stereocenters. The van der Waals surface area contributed by atoms with Crippen molar-refractivity contribution in [2.75, 3.05) is 4.90 Å². The summed E-state index contributed by atoms with van der Waals surface area (Å²) >= 11 is 5.94. The normalized spacial score (nSPS) is 18.0. The van der Waals surface area contributed by atoms with E-state index in [9.17, 15) is 18.0 Å². The molecule has 0 radical (unpaired) electrons. The molecule has 2 aromatic carbocycles. The van der Waals surface area contributed by atoms with E-state index in [0.717, 1.165) is 16.0 Å². The van der Waals surface area contributed by atoms with Gasteiger partial charge in [-0.25, -0.2) is 13.3 Å². The van der Waals surface area contributed by atoms with E-state index >= 15 is 0 Å². The third-order valence-corrected chi connectivity index (χ3v) is 8.92. The first-order chi connectivity index (χ1) is 14.9.